The number of imide groups is 1. The van der Waals surface area contributed by atoms with Gasteiger partial charge in [-0.1, -0.05) is 102 Å². The largest absolute Gasteiger partial charge is 0.454 e. The van der Waals surface area contributed by atoms with Gasteiger partial charge in [0.25, 0.3) is 0 Å². The first kappa shape index (κ1) is 29.6. The highest BCUT2D eigenvalue weighted by atomic mass is 32.2. The first-order valence-electron chi connectivity index (χ1n) is 14.1. The Bertz CT molecular complexity index is 1880. The van der Waals surface area contributed by atoms with Crippen LogP contribution in [0.1, 0.15) is 32.7 Å². The van der Waals surface area contributed by atoms with Gasteiger partial charge in [0, 0.05) is 23.1 Å². The highest BCUT2D eigenvalue weighted by Gasteiger charge is 2.41. The second-order valence-corrected chi connectivity index (χ2v) is 11.5. The number of nitrogens with zero attached hydrogens (tertiary/aromatic N) is 4. The number of esters is 1. The molecule has 6 rings (SSSR count). The summed E-state index contributed by atoms with van der Waals surface area (Å²) in [7, 11) is 0. The van der Waals surface area contributed by atoms with E-state index in [9.17, 15) is 19.2 Å². The Kier molecular flexibility index (Phi) is 8.56. The molecule has 2 heterocycles. The van der Waals surface area contributed by atoms with Crippen LogP contribution in [0.15, 0.2) is 114 Å². The molecule has 1 unspecified atom stereocenters. The number of Topliss-reactive ketones (excluding diaryl/α,β-unsaturated/α-hetero) is 1. The molecule has 1 saturated heterocycles. The minimum Gasteiger partial charge on any atom is -0.454 e. The van der Waals surface area contributed by atoms with Crippen molar-refractivity contribution in [2.45, 2.75) is 23.8 Å². The average molecular weight is 615 g/mol. The summed E-state index contributed by atoms with van der Waals surface area (Å²) in [6.07, 6.45) is -0.0428. The lowest BCUT2D eigenvalue weighted by Gasteiger charge is -2.15. The van der Waals surface area contributed by atoms with E-state index in [1.54, 1.807) is 12.1 Å². The molecule has 1 fully saturated rings. The Labute approximate surface area is 263 Å². The number of hydrogen-bond donors (Lipinski definition) is 0. The first-order valence-corrected chi connectivity index (χ1v) is 15.0. The van der Waals surface area contributed by atoms with Crippen molar-refractivity contribution >= 4 is 41.0 Å². The monoisotopic (exact) mass is 614 g/mol. The third-order valence-corrected chi connectivity index (χ3v) is 8.22. The van der Waals surface area contributed by atoms with E-state index in [-0.39, 0.29) is 28.8 Å². The van der Waals surface area contributed by atoms with Gasteiger partial charge in [-0.25, -0.2) is 14.7 Å². The molecule has 5 aromatic rings. The lowest BCUT2D eigenvalue weighted by atomic mass is 10.0. The number of hydrogen-bond acceptors (Lipinski definition) is 9. The number of carbonyl (C=O) groups is 4. The molecule has 10 heteroatoms. The van der Waals surface area contributed by atoms with E-state index in [4.69, 9.17) is 9.72 Å². The van der Waals surface area contributed by atoms with Crippen LogP contribution in [0.5, 0.6) is 0 Å². The Hall–Kier alpha value is -5.48. The van der Waals surface area contributed by atoms with Gasteiger partial charge in [-0.15, -0.1) is 10.2 Å². The molecule has 45 heavy (non-hydrogen) atoms. The van der Waals surface area contributed by atoms with E-state index in [2.05, 4.69) is 10.2 Å². The third kappa shape index (κ3) is 6.56. The van der Waals surface area contributed by atoms with E-state index in [1.807, 2.05) is 79.7 Å². The van der Waals surface area contributed by atoms with Crippen LogP contribution in [0.25, 0.3) is 22.5 Å². The summed E-state index contributed by atoms with van der Waals surface area (Å²) in [6, 6.07) is 32.1. The van der Waals surface area contributed by atoms with Crippen LogP contribution in [0.2, 0.25) is 0 Å². The van der Waals surface area contributed by atoms with Crippen LogP contribution in [-0.2, 0) is 14.3 Å². The van der Waals surface area contributed by atoms with Crippen molar-refractivity contribution < 1.29 is 23.9 Å². The first-order chi connectivity index (χ1) is 21.9. The molecule has 0 bridgehead atoms. The predicted molar refractivity (Wildman–Crippen MR) is 170 cm³/mol. The summed E-state index contributed by atoms with van der Waals surface area (Å²) >= 11 is 1.09. The third-order valence-electron chi connectivity index (χ3n) is 7.18. The van der Waals surface area contributed by atoms with Crippen molar-refractivity contribution in [3.05, 3.63) is 126 Å². The fraction of sp³-hybridized carbons (Fsp3) is 0.114. The van der Waals surface area contributed by atoms with Gasteiger partial charge in [0.15, 0.2) is 12.4 Å². The van der Waals surface area contributed by atoms with E-state index >= 15 is 0 Å². The SMILES string of the molecule is Cc1ccc(C(=O)COC(=O)c2ccc(N3C(=O)CC(Sc4nnc(-c5ccccc5)c(-c5ccccc5)n4)C3=O)cc2)cc1. The van der Waals surface area contributed by atoms with Crippen molar-refractivity contribution in [2.24, 2.45) is 0 Å². The van der Waals surface area contributed by atoms with Crippen LogP contribution in [0.3, 0.4) is 0 Å². The molecule has 1 atom stereocenters. The molecule has 0 aliphatic carbocycles. The van der Waals surface area contributed by atoms with Gasteiger partial charge in [-0.3, -0.25) is 14.4 Å². The Morgan fingerprint density at radius 1 is 0.778 bits per heavy atom. The summed E-state index contributed by atoms with van der Waals surface area (Å²) in [5.74, 6) is -1.80. The zero-order chi connectivity index (χ0) is 31.3. The normalized spacial score (nSPS) is 14.4. The Morgan fingerprint density at radius 2 is 1.38 bits per heavy atom. The molecule has 1 aliphatic rings. The quantitative estimate of drug-likeness (QED) is 0.112. The van der Waals surface area contributed by atoms with Crippen LogP contribution in [0.4, 0.5) is 5.69 Å². The highest BCUT2D eigenvalue weighted by Crippen LogP contribution is 2.35. The van der Waals surface area contributed by atoms with E-state index < -0.39 is 23.7 Å². The molecular formula is C35H26N4O5S. The number of carbonyl (C=O) groups excluding carboxylic acids is 4. The smallest absolute Gasteiger partial charge is 0.338 e. The maximum atomic E-state index is 13.4. The number of aromatic nitrogens is 3. The fourth-order valence-electron chi connectivity index (χ4n) is 4.83. The zero-order valence-electron chi connectivity index (χ0n) is 24.1. The molecule has 0 saturated carbocycles. The van der Waals surface area contributed by atoms with Crippen molar-refractivity contribution in [2.75, 3.05) is 11.5 Å². The maximum Gasteiger partial charge on any atom is 0.338 e. The molecule has 0 spiro atoms. The summed E-state index contributed by atoms with van der Waals surface area (Å²) in [5.41, 5.74) is 4.92. The molecule has 0 N–H and O–H groups in total. The van der Waals surface area contributed by atoms with Crippen molar-refractivity contribution in [1.82, 2.24) is 15.2 Å². The molecule has 0 radical (unpaired) electrons. The number of benzene rings is 4. The summed E-state index contributed by atoms with van der Waals surface area (Å²) < 4.78 is 5.18. The standard InChI is InChI=1S/C35H26N4O5S/c1-22-12-14-23(15-13-22)28(40)21-44-34(43)26-16-18-27(19-17-26)39-30(41)20-29(33(39)42)45-35-36-31(24-8-4-2-5-9-24)32(37-38-35)25-10-6-3-7-11-25/h2-19,29H,20-21H2,1H3. The molecule has 2 amide bonds. The molecular weight excluding hydrogens is 588 g/mol. The highest BCUT2D eigenvalue weighted by molar-refractivity contribution is 8.00. The van der Waals surface area contributed by atoms with Crippen LogP contribution in [0, 0.1) is 6.92 Å². The number of ether oxygens (including phenoxy) is 1. The number of rotatable bonds is 9. The predicted octanol–water partition coefficient (Wildman–Crippen LogP) is 5.98. The van der Waals surface area contributed by atoms with Crippen LogP contribution in [-0.4, -0.2) is 50.6 Å². The van der Waals surface area contributed by atoms with Crippen molar-refractivity contribution in [1.29, 1.82) is 0 Å². The summed E-state index contributed by atoms with van der Waals surface area (Å²) in [6.45, 7) is 1.51. The van der Waals surface area contributed by atoms with Crippen molar-refractivity contribution in [3.63, 3.8) is 0 Å². The van der Waals surface area contributed by atoms with Gasteiger partial charge in [0.05, 0.1) is 11.3 Å². The summed E-state index contributed by atoms with van der Waals surface area (Å²) in [4.78, 5) is 57.1. The van der Waals surface area contributed by atoms with E-state index in [0.717, 1.165) is 33.4 Å². The van der Waals surface area contributed by atoms with Crippen LogP contribution < -0.4 is 4.90 Å². The minimum absolute atomic E-state index is 0.0428. The second kappa shape index (κ2) is 13.0. The second-order valence-electron chi connectivity index (χ2n) is 10.3. The Morgan fingerprint density at radius 3 is 2.02 bits per heavy atom. The molecule has 1 aromatic heterocycles. The van der Waals surface area contributed by atoms with Gasteiger partial charge in [-0.05, 0) is 31.2 Å². The number of anilines is 1. The Balaban J connectivity index is 1.14. The number of aryl methyl sites for hydroxylation is 1. The van der Waals surface area contributed by atoms with Gasteiger partial charge >= 0.3 is 5.97 Å². The number of thioether (sulfide) groups is 1. The number of ketones is 1. The topological polar surface area (TPSA) is 119 Å². The molecule has 4 aromatic carbocycles. The minimum atomic E-state index is -0.747. The van der Waals surface area contributed by atoms with Gasteiger partial charge in [-0.2, -0.15) is 0 Å². The average Bonchev–Trinajstić information content (AvgIpc) is 3.36. The lowest BCUT2D eigenvalue weighted by Crippen LogP contribution is -2.31. The van der Waals surface area contributed by atoms with E-state index in [1.165, 1.54) is 24.3 Å². The molecule has 1 aliphatic heterocycles. The zero-order valence-corrected chi connectivity index (χ0v) is 24.9. The summed E-state index contributed by atoms with van der Waals surface area (Å²) in [5, 5.41) is 8.27. The van der Waals surface area contributed by atoms with E-state index in [0.29, 0.717) is 22.6 Å². The van der Waals surface area contributed by atoms with Gasteiger partial charge in [0.1, 0.15) is 16.6 Å². The number of amides is 2. The maximum absolute atomic E-state index is 13.4. The molecule has 222 valence electrons. The van der Waals surface area contributed by atoms with Gasteiger partial charge in [0.2, 0.25) is 17.0 Å². The lowest BCUT2D eigenvalue weighted by molar-refractivity contribution is -0.121. The van der Waals surface area contributed by atoms with Crippen molar-refractivity contribution in [3.8, 4) is 22.5 Å². The van der Waals surface area contributed by atoms with Crippen LogP contribution >= 0.6 is 11.8 Å². The molecule has 9 nitrogen and oxygen atoms in total. The van der Waals surface area contributed by atoms with Gasteiger partial charge < -0.3 is 4.74 Å². The fourth-order valence-corrected chi connectivity index (χ4v) is 5.75.